The lowest BCUT2D eigenvalue weighted by molar-refractivity contribution is 0.138. The highest BCUT2D eigenvalue weighted by Crippen LogP contribution is 2.31. The summed E-state index contributed by atoms with van der Waals surface area (Å²) in [6.07, 6.45) is 0.911. The van der Waals surface area contributed by atoms with E-state index in [0.29, 0.717) is 0 Å². The van der Waals surface area contributed by atoms with Crippen molar-refractivity contribution in [3.8, 4) is 22.4 Å². The van der Waals surface area contributed by atoms with E-state index in [9.17, 15) is 0 Å². The van der Waals surface area contributed by atoms with Crippen LogP contribution in [0, 0.1) is 0 Å². The van der Waals surface area contributed by atoms with Gasteiger partial charge in [0, 0.05) is 44.3 Å². The van der Waals surface area contributed by atoms with Gasteiger partial charge in [-0.1, -0.05) is 59.8 Å². The van der Waals surface area contributed by atoms with E-state index in [1.54, 1.807) is 7.11 Å². The molecule has 3 aromatic rings. The molecule has 0 aliphatic carbocycles. The van der Waals surface area contributed by atoms with Crippen molar-refractivity contribution >= 4 is 0 Å². The predicted octanol–water partition coefficient (Wildman–Crippen LogP) is 4.01. The minimum Gasteiger partial charge on any atom is -0.383 e. The molecule has 0 unspecified atom stereocenters. The van der Waals surface area contributed by atoms with Gasteiger partial charge in [0.15, 0.2) is 0 Å². The summed E-state index contributed by atoms with van der Waals surface area (Å²) in [5.74, 6) is 1.02. The average molecular weight is 334 g/mol. The molecule has 0 spiro atoms. The van der Waals surface area contributed by atoms with E-state index in [1.807, 2.05) is 6.07 Å². The summed E-state index contributed by atoms with van der Waals surface area (Å²) in [7, 11) is 1.74. The molecular formula is C21H22N2O2. The molecule has 0 bridgehead atoms. The van der Waals surface area contributed by atoms with Crippen LogP contribution in [0.4, 0.5) is 0 Å². The van der Waals surface area contributed by atoms with Gasteiger partial charge in [-0.15, -0.1) is 0 Å². The van der Waals surface area contributed by atoms with E-state index in [0.717, 1.165) is 49.7 Å². The lowest BCUT2D eigenvalue weighted by Gasteiger charge is -2.25. The molecule has 0 saturated heterocycles. The number of methoxy groups -OCH3 is 1. The van der Waals surface area contributed by atoms with E-state index in [1.165, 1.54) is 16.7 Å². The minimum absolute atomic E-state index is 0.752. The van der Waals surface area contributed by atoms with Gasteiger partial charge in [-0.05, 0) is 11.1 Å². The molecule has 25 heavy (non-hydrogen) atoms. The molecule has 1 aliphatic heterocycles. The van der Waals surface area contributed by atoms with E-state index in [2.05, 4.69) is 58.6 Å². The zero-order chi connectivity index (χ0) is 17.1. The first-order valence-electron chi connectivity index (χ1n) is 8.70. The molecule has 0 fully saturated rings. The molecule has 1 aliphatic rings. The third-order valence-electron chi connectivity index (χ3n) is 4.78. The Hall–Kier alpha value is -2.43. The van der Waals surface area contributed by atoms with E-state index < -0.39 is 0 Å². The van der Waals surface area contributed by atoms with Crippen LogP contribution < -0.4 is 0 Å². The highest BCUT2D eigenvalue weighted by molar-refractivity contribution is 5.70. The van der Waals surface area contributed by atoms with Crippen molar-refractivity contribution in [1.82, 2.24) is 10.1 Å². The largest absolute Gasteiger partial charge is 0.383 e. The highest BCUT2D eigenvalue weighted by atomic mass is 16.5. The second-order valence-corrected chi connectivity index (χ2v) is 6.40. The Labute approximate surface area is 148 Å². The summed E-state index contributed by atoms with van der Waals surface area (Å²) in [5.41, 5.74) is 5.73. The molecule has 0 amide bonds. The number of hydrogen-bond donors (Lipinski definition) is 0. The summed E-state index contributed by atoms with van der Waals surface area (Å²) in [4.78, 5) is 2.39. The van der Waals surface area contributed by atoms with Gasteiger partial charge in [-0.3, -0.25) is 4.90 Å². The number of rotatable bonds is 5. The first-order valence-corrected chi connectivity index (χ1v) is 8.70. The Balaban J connectivity index is 1.58. The number of fused-ring (bicyclic) bond motifs is 1. The van der Waals surface area contributed by atoms with E-state index >= 15 is 0 Å². The number of ether oxygens (including phenoxy) is 1. The summed E-state index contributed by atoms with van der Waals surface area (Å²) in [6, 6.07) is 19.0. The Bertz CT molecular complexity index is 825. The van der Waals surface area contributed by atoms with Gasteiger partial charge in [0.25, 0.3) is 0 Å². The standard InChI is InChI=1S/C21H22N2O2/c1-24-14-13-23-12-11-20-19(15-23)21(22-25-20)18-9-7-17(8-10-18)16-5-3-2-4-6-16/h2-10H,11-15H2,1H3. The fraction of sp³-hybridized carbons (Fsp3) is 0.286. The zero-order valence-electron chi connectivity index (χ0n) is 14.4. The minimum atomic E-state index is 0.752. The second-order valence-electron chi connectivity index (χ2n) is 6.40. The molecule has 1 aromatic heterocycles. The van der Waals surface area contributed by atoms with Crippen molar-refractivity contribution in [3.05, 3.63) is 65.9 Å². The maximum atomic E-state index is 5.60. The fourth-order valence-corrected chi connectivity index (χ4v) is 3.35. The molecule has 0 N–H and O–H groups in total. The number of benzene rings is 2. The summed E-state index contributed by atoms with van der Waals surface area (Å²) >= 11 is 0. The van der Waals surface area contributed by atoms with Gasteiger partial charge in [-0.2, -0.15) is 0 Å². The van der Waals surface area contributed by atoms with Crippen molar-refractivity contribution in [1.29, 1.82) is 0 Å². The zero-order valence-corrected chi connectivity index (χ0v) is 14.4. The first kappa shape index (κ1) is 16.1. The number of aromatic nitrogens is 1. The van der Waals surface area contributed by atoms with Crippen molar-refractivity contribution < 1.29 is 9.26 Å². The smallest absolute Gasteiger partial charge is 0.143 e. The van der Waals surface area contributed by atoms with Crippen molar-refractivity contribution in [3.63, 3.8) is 0 Å². The Morgan fingerprint density at radius 1 is 1.00 bits per heavy atom. The third kappa shape index (κ3) is 3.36. The van der Waals surface area contributed by atoms with E-state index in [-0.39, 0.29) is 0 Å². The van der Waals surface area contributed by atoms with E-state index in [4.69, 9.17) is 9.26 Å². The fourth-order valence-electron chi connectivity index (χ4n) is 3.35. The van der Waals surface area contributed by atoms with Crippen LogP contribution in [0.15, 0.2) is 59.1 Å². The molecular weight excluding hydrogens is 312 g/mol. The van der Waals surface area contributed by atoms with Gasteiger partial charge >= 0.3 is 0 Å². The number of nitrogens with zero attached hydrogens (tertiary/aromatic N) is 2. The molecule has 4 rings (SSSR count). The highest BCUT2D eigenvalue weighted by Gasteiger charge is 2.24. The summed E-state index contributed by atoms with van der Waals surface area (Å²) in [6.45, 7) is 3.56. The van der Waals surface area contributed by atoms with Crippen LogP contribution in [0.25, 0.3) is 22.4 Å². The lowest BCUT2D eigenvalue weighted by Crippen LogP contribution is -2.32. The van der Waals surface area contributed by atoms with Gasteiger partial charge in [0.2, 0.25) is 0 Å². The monoisotopic (exact) mass is 334 g/mol. The topological polar surface area (TPSA) is 38.5 Å². The average Bonchev–Trinajstić information content (AvgIpc) is 3.10. The maximum Gasteiger partial charge on any atom is 0.143 e. The molecule has 2 heterocycles. The van der Waals surface area contributed by atoms with Gasteiger partial charge in [0.1, 0.15) is 11.5 Å². The maximum absolute atomic E-state index is 5.60. The van der Waals surface area contributed by atoms with Crippen LogP contribution >= 0.6 is 0 Å². The van der Waals surface area contributed by atoms with Crippen LogP contribution in [-0.2, 0) is 17.7 Å². The van der Waals surface area contributed by atoms with Crippen molar-refractivity contribution in [2.45, 2.75) is 13.0 Å². The quantitative estimate of drug-likeness (QED) is 0.706. The molecule has 2 aromatic carbocycles. The Morgan fingerprint density at radius 2 is 1.72 bits per heavy atom. The third-order valence-corrected chi connectivity index (χ3v) is 4.78. The van der Waals surface area contributed by atoms with Crippen molar-refractivity contribution in [2.24, 2.45) is 0 Å². The number of hydrogen-bond acceptors (Lipinski definition) is 4. The summed E-state index contributed by atoms with van der Waals surface area (Å²) in [5, 5.41) is 4.35. The first-order chi connectivity index (χ1) is 12.3. The van der Waals surface area contributed by atoms with Crippen LogP contribution in [0.5, 0.6) is 0 Å². The molecule has 0 radical (unpaired) electrons. The van der Waals surface area contributed by atoms with Crippen LogP contribution in [-0.4, -0.2) is 36.9 Å². The molecule has 4 heteroatoms. The van der Waals surface area contributed by atoms with Crippen LogP contribution in [0.2, 0.25) is 0 Å². The Kier molecular flexibility index (Phi) is 4.63. The van der Waals surface area contributed by atoms with Gasteiger partial charge in [-0.25, -0.2) is 0 Å². The Morgan fingerprint density at radius 3 is 2.48 bits per heavy atom. The second kappa shape index (κ2) is 7.21. The molecule has 0 saturated carbocycles. The molecule has 0 atom stereocenters. The lowest BCUT2D eigenvalue weighted by atomic mass is 9.99. The van der Waals surface area contributed by atoms with Gasteiger partial charge < -0.3 is 9.26 Å². The van der Waals surface area contributed by atoms with Crippen LogP contribution in [0.1, 0.15) is 11.3 Å². The normalized spacial score (nSPS) is 14.4. The molecule has 128 valence electrons. The van der Waals surface area contributed by atoms with Crippen LogP contribution in [0.3, 0.4) is 0 Å². The van der Waals surface area contributed by atoms with Gasteiger partial charge in [0.05, 0.1) is 6.61 Å². The predicted molar refractivity (Wildman–Crippen MR) is 98.2 cm³/mol. The summed E-state index contributed by atoms with van der Waals surface area (Å²) < 4.78 is 10.8. The SMILES string of the molecule is COCCN1CCc2onc(-c3ccc(-c4ccccc4)cc3)c2C1. The molecule has 4 nitrogen and oxygen atoms in total. The van der Waals surface area contributed by atoms with Crippen molar-refractivity contribution in [2.75, 3.05) is 26.8 Å².